The van der Waals surface area contributed by atoms with Crippen molar-refractivity contribution in [3.63, 3.8) is 0 Å². The Morgan fingerprint density at radius 3 is 3.07 bits per heavy atom. The van der Waals surface area contributed by atoms with Crippen molar-refractivity contribution in [3.8, 4) is 0 Å². The third-order valence-electron chi connectivity index (χ3n) is 2.70. The maximum absolute atomic E-state index is 5.97. The Hall–Kier alpha value is -1.29. The van der Waals surface area contributed by atoms with Crippen LogP contribution in [0.3, 0.4) is 0 Å². The molecule has 15 heavy (non-hydrogen) atoms. The van der Waals surface area contributed by atoms with Crippen molar-refractivity contribution in [3.05, 3.63) is 17.8 Å². The highest BCUT2D eigenvalue weighted by molar-refractivity contribution is 5.63. The van der Waals surface area contributed by atoms with Gasteiger partial charge in [0.15, 0.2) is 5.82 Å². The van der Waals surface area contributed by atoms with E-state index in [4.69, 9.17) is 5.73 Å². The Labute approximate surface area is 90.5 Å². The zero-order valence-corrected chi connectivity index (χ0v) is 9.33. The standard InChI is InChI=1S/C11H18N4/c1-8-5-10(12)11(14-6-8)15-4-3-13-9(2)7-15/h5-6,9,13H,3-4,7,12H2,1-2H3/t9-/m1/s1. The van der Waals surface area contributed by atoms with Crippen LogP contribution >= 0.6 is 0 Å². The van der Waals surface area contributed by atoms with Gasteiger partial charge in [-0.3, -0.25) is 0 Å². The molecule has 0 amide bonds. The van der Waals surface area contributed by atoms with Crippen LogP contribution in [0.5, 0.6) is 0 Å². The molecule has 1 saturated heterocycles. The van der Waals surface area contributed by atoms with Crippen molar-refractivity contribution < 1.29 is 0 Å². The van der Waals surface area contributed by atoms with E-state index in [1.807, 2.05) is 19.2 Å². The first-order valence-electron chi connectivity index (χ1n) is 5.37. The van der Waals surface area contributed by atoms with Crippen molar-refractivity contribution >= 4 is 11.5 Å². The number of piperazine rings is 1. The van der Waals surface area contributed by atoms with E-state index in [9.17, 15) is 0 Å². The molecule has 0 radical (unpaired) electrons. The van der Waals surface area contributed by atoms with Gasteiger partial charge in [0, 0.05) is 31.9 Å². The predicted molar refractivity (Wildman–Crippen MR) is 63.1 cm³/mol. The molecule has 82 valence electrons. The minimum absolute atomic E-state index is 0.501. The Morgan fingerprint density at radius 1 is 1.60 bits per heavy atom. The number of hydrogen-bond donors (Lipinski definition) is 2. The van der Waals surface area contributed by atoms with Crippen molar-refractivity contribution in [2.24, 2.45) is 0 Å². The topological polar surface area (TPSA) is 54.2 Å². The number of aryl methyl sites for hydroxylation is 1. The minimum atomic E-state index is 0.501. The summed E-state index contributed by atoms with van der Waals surface area (Å²) in [6.07, 6.45) is 1.87. The number of nitrogens with one attached hydrogen (secondary N) is 1. The number of pyridine rings is 1. The maximum Gasteiger partial charge on any atom is 0.151 e. The maximum atomic E-state index is 5.97. The normalized spacial score (nSPS) is 21.7. The van der Waals surface area contributed by atoms with Gasteiger partial charge in [-0.1, -0.05) is 0 Å². The van der Waals surface area contributed by atoms with Gasteiger partial charge in [0.1, 0.15) is 0 Å². The van der Waals surface area contributed by atoms with Gasteiger partial charge in [0.2, 0.25) is 0 Å². The number of hydrogen-bond acceptors (Lipinski definition) is 4. The van der Waals surface area contributed by atoms with E-state index in [0.717, 1.165) is 36.7 Å². The van der Waals surface area contributed by atoms with Gasteiger partial charge in [-0.05, 0) is 25.5 Å². The van der Waals surface area contributed by atoms with Crippen LogP contribution in [-0.2, 0) is 0 Å². The van der Waals surface area contributed by atoms with Gasteiger partial charge in [0.25, 0.3) is 0 Å². The molecule has 1 aromatic heterocycles. The van der Waals surface area contributed by atoms with Crippen LogP contribution in [0.15, 0.2) is 12.3 Å². The average molecular weight is 206 g/mol. The average Bonchev–Trinajstić information content (AvgIpc) is 2.17. The van der Waals surface area contributed by atoms with Gasteiger partial charge in [-0.15, -0.1) is 0 Å². The summed E-state index contributed by atoms with van der Waals surface area (Å²) in [7, 11) is 0. The van der Waals surface area contributed by atoms with E-state index in [0.29, 0.717) is 6.04 Å². The lowest BCUT2D eigenvalue weighted by Crippen LogP contribution is -2.49. The van der Waals surface area contributed by atoms with Crippen molar-refractivity contribution in [2.75, 3.05) is 30.3 Å². The highest BCUT2D eigenvalue weighted by Gasteiger charge is 2.18. The first-order chi connectivity index (χ1) is 7.16. The number of nitrogen functional groups attached to an aromatic ring is 1. The number of nitrogens with two attached hydrogens (primary N) is 1. The molecule has 0 aromatic carbocycles. The van der Waals surface area contributed by atoms with Gasteiger partial charge < -0.3 is 16.0 Å². The first kappa shape index (κ1) is 10.2. The molecular formula is C11H18N4. The number of rotatable bonds is 1. The van der Waals surface area contributed by atoms with Crippen LogP contribution in [0.4, 0.5) is 11.5 Å². The summed E-state index contributed by atoms with van der Waals surface area (Å²) < 4.78 is 0. The molecule has 2 rings (SSSR count). The van der Waals surface area contributed by atoms with E-state index < -0.39 is 0 Å². The molecule has 2 heterocycles. The Kier molecular flexibility index (Phi) is 2.77. The lowest BCUT2D eigenvalue weighted by molar-refractivity contribution is 0.482. The van der Waals surface area contributed by atoms with Crippen molar-refractivity contribution in [1.82, 2.24) is 10.3 Å². The summed E-state index contributed by atoms with van der Waals surface area (Å²) >= 11 is 0. The summed E-state index contributed by atoms with van der Waals surface area (Å²) in [5, 5.41) is 3.40. The Morgan fingerprint density at radius 2 is 2.40 bits per heavy atom. The number of anilines is 2. The lowest BCUT2D eigenvalue weighted by atomic mass is 10.2. The van der Waals surface area contributed by atoms with Crippen LogP contribution in [0, 0.1) is 6.92 Å². The summed E-state index contributed by atoms with van der Waals surface area (Å²) in [6, 6.07) is 2.48. The molecule has 0 aliphatic carbocycles. The molecular weight excluding hydrogens is 188 g/mol. The van der Waals surface area contributed by atoms with Crippen LogP contribution in [0.1, 0.15) is 12.5 Å². The predicted octanol–water partition coefficient (Wildman–Crippen LogP) is 0.770. The van der Waals surface area contributed by atoms with Gasteiger partial charge in [0.05, 0.1) is 5.69 Å². The monoisotopic (exact) mass is 206 g/mol. The quantitative estimate of drug-likeness (QED) is 0.712. The first-order valence-corrected chi connectivity index (χ1v) is 5.37. The van der Waals surface area contributed by atoms with E-state index in [1.54, 1.807) is 0 Å². The SMILES string of the molecule is Cc1cnc(N2CCN[C@H](C)C2)c(N)c1. The molecule has 4 heteroatoms. The fraction of sp³-hybridized carbons (Fsp3) is 0.545. The fourth-order valence-electron chi connectivity index (χ4n) is 1.97. The smallest absolute Gasteiger partial charge is 0.151 e. The Balaban J connectivity index is 2.21. The van der Waals surface area contributed by atoms with Crippen LogP contribution in [-0.4, -0.2) is 30.7 Å². The summed E-state index contributed by atoms with van der Waals surface area (Å²) in [5.74, 6) is 0.925. The van der Waals surface area contributed by atoms with Gasteiger partial charge in [-0.25, -0.2) is 4.98 Å². The second-order valence-electron chi connectivity index (χ2n) is 4.23. The zero-order valence-electron chi connectivity index (χ0n) is 9.33. The van der Waals surface area contributed by atoms with E-state index in [2.05, 4.69) is 22.1 Å². The summed E-state index contributed by atoms with van der Waals surface area (Å²) in [4.78, 5) is 6.66. The Bertz CT molecular complexity index is 350. The van der Waals surface area contributed by atoms with Crippen LogP contribution in [0.2, 0.25) is 0 Å². The molecule has 0 bridgehead atoms. The summed E-state index contributed by atoms with van der Waals surface area (Å²) in [6.45, 7) is 7.13. The molecule has 1 aromatic rings. The fourth-order valence-corrected chi connectivity index (χ4v) is 1.97. The second kappa shape index (κ2) is 4.06. The zero-order chi connectivity index (χ0) is 10.8. The highest BCUT2D eigenvalue weighted by atomic mass is 15.2. The van der Waals surface area contributed by atoms with E-state index in [1.165, 1.54) is 0 Å². The summed E-state index contributed by atoms with van der Waals surface area (Å²) in [5.41, 5.74) is 7.87. The highest BCUT2D eigenvalue weighted by Crippen LogP contribution is 2.21. The molecule has 1 aliphatic heterocycles. The molecule has 3 N–H and O–H groups in total. The van der Waals surface area contributed by atoms with Crippen LogP contribution < -0.4 is 16.0 Å². The van der Waals surface area contributed by atoms with E-state index >= 15 is 0 Å². The van der Waals surface area contributed by atoms with Gasteiger partial charge in [-0.2, -0.15) is 0 Å². The molecule has 1 atom stereocenters. The van der Waals surface area contributed by atoms with Gasteiger partial charge >= 0.3 is 0 Å². The molecule has 1 fully saturated rings. The van der Waals surface area contributed by atoms with Crippen molar-refractivity contribution in [2.45, 2.75) is 19.9 Å². The number of aromatic nitrogens is 1. The third-order valence-corrected chi connectivity index (χ3v) is 2.70. The molecule has 0 spiro atoms. The molecule has 0 saturated carbocycles. The molecule has 1 aliphatic rings. The lowest BCUT2D eigenvalue weighted by Gasteiger charge is -2.33. The third kappa shape index (κ3) is 2.21. The second-order valence-corrected chi connectivity index (χ2v) is 4.23. The minimum Gasteiger partial charge on any atom is -0.396 e. The number of nitrogens with zero attached hydrogens (tertiary/aromatic N) is 2. The molecule has 4 nitrogen and oxygen atoms in total. The van der Waals surface area contributed by atoms with E-state index in [-0.39, 0.29) is 0 Å². The largest absolute Gasteiger partial charge is 0.396 e. The van der Waals surface area contributed by atoms with Crippen molar-refractivity contribution in [1.29, 1.82) is 0 Å². The molecule has 0 unspecified atom stereocenters. The van der Waals surface area contributed by atoms with Crippen LogP contribution in [0.25, 0.3) is 0 Å².